The van der Waals surface area contributed by atoms with Crippen LogP contribution < -0.4 is 5.73 Å². The van der Waals surface area contributed by atoms with Gasteiger partial charge in [0.25, 0.3) is 0 Å². The van der Waals surface area contributed by atoms with Gasteiger partial charge in [0.15, 0.2) is 0 Å². The summed E-state index contributed by atoms with van der Waals surface area (Å²) in [4.78, 5) is 0. The molecule has 2 N–H and O–H groups in total. The van der Waals surface area contributed by atoms with E-state index >= 15 is 0 Å². The third kappa shape index (κ3) is 2.27. The molecule has 0 aromatic heterocycles. The molecular weight excluding hydrogens is 201 g/mol. The summed E-state index contributed by atoms with van der Waals surface area (Å²) in [5, 5.41) is 0. The van der Waals surface area contributed by atoms with E-state index in [1.165, 1.54) is 5.56 Å². The van der Waals surface area contributed by atoms with Crippen LogP contribution in [0.3, 0.4) is 0 Å². The summed E-state index contributed by atoms with van der Waals surface area (Å²) < 4.78 is 14.3. The molecule has 1 saturated carbocycles. The number of halogens is 1. The second-order valence-electron chi connectivity index (χ2n) is 5.43. The van der Waals surface area contributed by atoms with Gasteiger partial charge in [-0.15, -0.1) is 0 Å². The molecule has 0 bridgehead atoms. The fourth-order valence-electron chi connectivity index (χ4n) is 2.46. The van der Waals surface area contributed by atoms with Crippen molar-refractivity contribution in [2.75, 3.05) is 0 Å². The molecule has 0 saturated heterocycles. The Morgan fingerprint density at radius 1 is 1.44 bits per heavy atom. The molecule has 2 rings (SSSR count). The van der Waals surface area contributed by atoms with Gasteiger partial charge in [-0.05, 0) is 23.5 Å². The van der Waals surface area contributed by atoms with Crippen molar-refractivity contribution in [3.8, 4) is 0 Å². The molecule has 1 aliphatic carbocycles. The molecule has 0 atom stereocenters. The van der Waals surface area contributed by atoms with Crippen LogP contribution in [0.15, 0.2) is 24.3 Å². The Kier molecular flexibility index (Phi) is 3.02. The molecule has 1 aromatic rings. The Balaban J connectivity index is 2.16. The third-order valence-corrected chi connectivity index (χ3v) is 3.26. The monoisotopic (exact) mass is 221 g/mol. The van der Waals surface area contributed by atoms with Crippen molar-refractivity contribution in [2.45, 2.75) is 44.8 Å². The van der Waals surface area contributed by atoms with E-state index in [0.717, 1.165) is 12.0 Å². The first-order valence-corrected chi connectivity index (χ1v) is 6.03. The predicted molar refractivity (Wildman–Crippen MR) is 65.0 cm³/mol. The Bertz CT molecular complexity index is 367. The molecule has 0 unspecified atom stereocenters. The zero-order valence-electron chi connectivity index (χ0n) is 10.0. The molecular formula is C14H20FN. The molecule has 0 spiro atoms. The lowest BCUT2D eigenvalue weighted by Gasteiger charge is -2.39. The normalized spacial score (nSPS) is 29.2. The number of hydrogen-bond donors (Lipinski definition) is 1. The van der Waals surface area contributed by atoms with Gasteiger partial charge in [-0.2, -0.15) is 0 Å². The van der Waals surface area contributed by atoms with E-state index in [-0.39, 0.29) is 6.04 Å². The number of rotatable bonds is 3. The Morgan fingerprint density at radius 3 is 2.69 bits per heavy atom. The zero-order valence-corrected chi connectivity index (χ0v) is 10.0. The van der Waals surface area contributed by atoms with Gasteiger partial charge in [-0.3, -0.25) is 0 Å². The van der Waals surface area contributed by atoms with Crippen LogP contribution in [0.2, 0.25) is 0 Å². The van der Waals surface area contributed by atoms with E-state index < -0.39 is 5.67 Å². The summed E-state index contributed by atoms with van der Waals surface area (Å²) >= 11 is 0. The van der Waals surface area contributed by atoms with Gasteiger partial charge in [0.1, 0.15) is 5.67 Å². The number of alkyl halides is 1. The summed E-state index contributed by atoms with van der Waals surface area (Å²) in [6, 6.07) is 7.96. The van der Waals surface area contributed by atoms with Crippen LogP contribution >= 0.6 is 0 Å². The molecule has 88 valence electrons. The largest absolute Gasteiger partial charge is 0.327 e. The van der Waals surface area contributed by atoms with Crippen LogP contribution in [0.25, 0.3) is 0 Å². The van der Waals surface area contributed by atoms with Gasteiger partial charge in [-0.1, -0.05) is 38.1 Å². The maximum absolute atomic E-state index is 14.3. The van der Waals surface area contributed by atoms with E-state index in [0.29, 0.717) is 18.8 Å². The number of nitrogens with two attached hydrogens (primary N) is 1. The van der Waals surface area contributed by atoms with Crippen LogP contribution in [-0.2, 0) is 12.1 Å². The van der Waals surface area contributed by atoms with Crippen molar-refractivity contribution < 1.29 is 4.39 Å². The highest BCUT2D eigenvalue weighted by Crippen LogP contribution is 2.44. The van der Waals surface area contributed by atoms with Crippen LogP contribution in [-0.4, -0.2) is 6.04 Å². The van der Waals surface area contributed by atoms with Crippen molar-refractivity contribution in [1.82, 2.24) is 0 Å². The number of hydrogen-bond acceptors (Lipinski definition) is 1. The van der Waals surface area contributed by atoms with E-state index in [2.05, 4.69) is 19.9 Å². The summed E-state index contributed by atoms with van der Waals surface area (Å²) in [7, 11) is 0. The SMILES string of the molecule is CC(C)Cc1cccc(C2(F)CC(N)C2)c1. The van der Waals surface area contributed by atoms with Crippen molar-refractivity contribution >= 4 is 0 Å². The van der Waals surface area contributed by atoms with E-state index in [4.69, 9.17) is 5.73 Å². The second-order valence-corrected chi connectivity index (χ2v) is 5.43. The van der Waals surface area contributed by atoms with Gasteiger partial charge < -0.3 is 5.73 Å². The molecule has 1 aromatic carbocycles. The van der Waals surface area contributed by atoms with Gasteiger partial charge in [-0.25, -0.2) is 4.39 Å². The molecule has 0 aliphatic heterocycles. The third-order valence-electron chi connectivity index (χ3n) is 3.26. The van der Waals surface area contributed by atoms with E-state index in [1.54, 1.807) is 0 Å². The first kappa shape index (κ1) is 11.6. The lowest BCUT2D eigenvalue weighted by Crippen LogP contribution is -2.46. The van der Waals surface area contributed by atoms with Crippen LogP contribution in [0.4, 0.5) is 4.39 Å². The molecule has 16 heavy (non-hydrogen) atoms. The van der Waals surface area contributed by atoms with Crippen molar-refractivity contribution in [1.29, 1.82) is 0 Å². The highest BCUT2D eigenvalue weighted by Gasteiger charge is 2.44. The first-order chi connectivity index (χ1) is 7.49. The average molecular weight is 221 g/mol. The van der Waals surface area contributed by atoms with Gasteiger partial charge in [0.2, 0.25) is 0 Å². The number of benzene rings is 1. The van der Waals surface area contributed by atoms with Crippen LogP contribution in [0.5, 0.6) is 0 Å². The van der Waals surface area contributed by atoms with Crippen LogP contribution in [0.1, 0.15) is 37.8 Å². The second kappa shape index (κ2) is 4.17. The molecule has 1 fully saturated rings. The molecule has 0 amide bonds. The Hall–Kier alpha value is -0.890. The smallest absolute Gasteiger partial charge is 0.139 e. The Labute approximate surface area is 96.9 Å². The average Bonchev–Trinajstić information content (AvgIpc) is 2.15. The highest BCUT2D eigenvalue weighted by molar-refractivity contribution is 5.31. The van der Waals surface area contributed by atoms with Crippen LogP contribution in [0, 0.1) is 5.92 Å². The Morgan fingerprint density at radius 2 is 2.12 bits per heavy atom. The van der Waals surface area contributed by atoms with Gasteiger partial charge >= 0.3 is 0 Å². The van der Waals surface area contributed by atoms with Gasteiger partial charge in [0, 0.05) is 18.9 Å². The van der Waals surface area contributed by atoms with Gasteiger partial charge in [0.05, 0.1) is 0 Å². The fraction of sp³-hybridized carbons (Fsp3) is 0.571. The quantitative estimate of drug-likeness (QED) is 0.833. The zero-order chi connectivity index (χ0) is 11.8. The van der Waals surface area contributed by atoms with Crippen molar-refractivity contribution in [3.63, 3.8) is 0 Å². The fourth-order valence-corrected chi connectivity index (χ4v) is 2.46. The summed E-state index contributed by atoms with van der Waals surface area (Å²) in [6.07, 6.45) is 1.95. The standard InChI is InChI=1S/C14H20FN/c1-10(2)6-11-4-3-5-12(7-11)14(15)8-13(16)9-14/h3-5,7,10,13H,6,8-9,16H2,1-2H3. The minimum absolute atomic E-state index is 0.0405. The lowest BCUT2D eigenvalue weighted by molar-refractivity contribution is 0.0405. The van der Waals surface area contributed by atoms with E-state index in [1.807, 2.05) is 18.2 Å². The summed E-state index contributed by atoms with van der Waals surface area (Å²) in [5.41, 5.74) is 6.55. The maximum atomic E-state index is 14.3. The minimum atomic E-state index is -1.16. The van der Waals surface area contributed by atoms with E-state index in [9.17, 15) is 4.39 Å². The molecule has 0 radical (unpaired) electrons. The summed E-state index contributed by atoms with van der Waals surface area (Å²) in [5.74, 6) is 0.606. The highest BCUT2D eigenvalue weighted by atomic mass is 19.1. The topological polar surface area (TPSA) is 26.0 Å². The van der Waals surface area contributed by atoms with Crippen molar-refractivity contribution in [3.05, 3.63) is 35.4 Å². The first-order valence-electron chi connectivity index (χ1n) is 6.03. The maximum Gasteiger partial charge on any atom is 0.139 e. The summed E-state index contributed by atoms with van der Waals surface area (Å²) in [6.45, 7) is 4.36. The molecule has 1 aliphatic rings. The lowest BCUT2D eigenvalue weighted by atomic mass is 9.73. The molecule has 1 nitrogen and oxygen atoms in total. The predicted octanol–water partition coefficient (Wildman–Crippen LogP) is 3.17. The molecule has 2 heteroatoms. The van der Waals surface area contributed by atoms with Crippen molar-refractivity contribution in [2.24, 2.45) is 11.7 Å². The molecule has 0 heterocycles. The minimum Gasteiger partial charge on any atom is -0.327 e.